The van der Waals surface area contributed by atoms with E-state index in [-0.39, 0.29) is 0 Å². The monoisotopic (exact) mass is 821 g/mol. The summed E-state index contributed by atoms with van der Waals surface area (Å²) >= 11 is 0. The first-order valence-electron chi connectivity index (χ1n) is 22.9. The van der Waals surface area contributed by atoms with Gasteiger partial charge in [-0.2, -0.15) is 0 Å². The zero-order valence-corrected chi connectivity index (χ0v) is 35.5. The molecule has 2 aliphatic carbocycles. The molecule has 0 bridgehead atoms. The minimum atomic E-state index is -0.443. The molecule has 0 fully saturated rings. The van der Waals surface area contributed by atoms with Crippen LogP contribution in [0.5, 0.6) is 0 Å². The van der Waals surface area contributed by atoms with Crippen molar-refractivity contribution in [3.63, 3.8) is 0 Å². The molecular weight excluding hydrogens is 783 g/mol. The maximum absolute atomic E-state index is 2.62. The quantitative estimate of drug-likeness (QED) is 0.160. The van der Waals surface area contributed by atoms with Gasteiger partial charge in [0.2, 0.25) is 0 Å². The first kappa shape index (κ1) is 35.2. The van der Waals surface area contributed by atoms with Crippen molar-refractivity contribution in [1.82, 2.24) is 0 Å². The fourth-order valence-electron chi connectivity index (χ4n) is 12.6. The molecular formula is C64H39N. The van der Waals surface area contributed by atoms with Gasteiger partial charge < -0.3 is 4.90 Å². The van der Waals surface area contributed by atoms with E-state index in [2.05, 4.69) is 229 Å². The van der Waals surface area contributed by atoms with E-state index in [1.54, 1.807) is 0 Å². The minimum absolute atomic E-state index is 0.443. The lowest BCUT2D eigenvalue weighted by Crippen LogP contribution is -2.26. The molecule has 1 nitrogen and oxygen atoms in total. The average molecular weight is 822 g/mol. The summed E-state index contributed by atoms with van der Waals surface area (Å²) in [4.78, 5) is 2.62. The molecule has 300 valence electrons. The van der Waals surface area contributed by atoms with Crippen molar-refractivity contribution in [2.24, 2.45) is 0 Å². The van der Waals surface area contributed by atoms with E-state index in [0.717, 1.165) is 0 Å². The molecule has 65 heavy (non-hydrogen) atoms. The molecule has 0 atom stereocenters. The summed E-state index contributed by atoms with van der Waals surface area (Å²) in [6.45, 7) is 0.693. The molecule has 0 heterocycles. The van der Waals surface area contributed by atoms with Crippen LogP contribution < -0.4 is 4.90 Å². The third kappa shape index (κ3) is 4.62. The number of anilines is 2. The molecule has 1 heteroatoms. The summed E-state index contributed by atoms with van der Waals surface area (Å²) in [6, 6.07) is 85.2. The summed E-state index contributed by atoms with van der Waals surface area (Å²) in [5, 5.41) is 18.0. The SMILES string of the molecule is c1ccc2c(c1)-c1ccccc1C21c2ccccc2-c2ccc(N(Cc3ccc4ccccc4c3)c3cc4cccc5c6cccc7ccc8cccc(c9cccc3c9c45)c8c76)cc21. The van der Waals surface area contributed by atoms with Gasteiger partial charge >= 0.3 is 0 Å². The van der Waals surface area contributed by atoms with E-state index in [9.17, 15) is 0 Å². The van der Waals surface area contributed by atoms with Crippen LogP contribution in [0.3, 0.4) is 0 Å². The molecule has 0 amide bonds. The maximum Gasteiger partial charge on any atom is 0.0726 e. The summed E-state index contributed by atoms with van der Waals surface area (Å²) < 4.78 is 0. The molecule has 0 aliphatic heterocycles. The van der Waals surface area contributed by atoms with E-state index in [1.807, 2.05) is 0 Å². The Hall–Kier alpha value is -8.26. The summed E-state index contributed by atoms with van der Waals surface area (Å²) in [5.74, 6) is 0. The Kier molecular flexibility index (Phi) is 7.00. The van der Waals surface area contributed by atoms with Crippen LogP contribution >= 0.6 is 0 Å². The average Bonchev–Trinajstić information content (AvgIpc) is 3.83. The normalized spacial score (nSPS) is 13.4. The highest BCUT2D eigenvalue weighted by atomic mass is 15.1. The highest BCUT2D eigenvalue weighted by molar-refractivity contribution is 6.38. The number of rotatable bonds is 4. The van der Waals surface area contributed by atoms with E-state index in [0.29, 0.717) is 6.54 Å². The molecule has 1 spiro atoms. The molecule has 0 unspecified atom stereocenters. The highest BCUT2D eigenvalue weighted by Gasteiger charge is 2.51. The lowest BCUT2D eigenvalue weighted by molar-refractivity contribution is 0.792. The largest absolute Gasteiger partial charge is 0.336 e. The predicted molar refractivity (Wildman–Crippen MR) is 275 cm³/mol. The van der Waals surface area contributed by atoms with Gasteiger partial charge in [-0.15, -0.1) is 0 Å². The molecule has 0 radical (unpaired) electrons. The Balaban J connectivity index is 1.06. The Labute approximate surface area is 376 Å². The van der Waals surface area contributed by atoms with Gasteiger partial charge in [-0.05, 0) is 139 Å². The predicted octanol–water partition coefficient (Wildman–Crippen LogP) is 16.9. The first-order chi connectivity index (χ1) is 32.2. The van der Waals surface area contributed by atoms with Crippen LogP contribution in [0.25, 0.3) is 97.7 Å². The van der Waals surface area contributed by atoms with Gasteiger partial charge in [0.05, 0.1) is 5.41 Å². The van der Waals surface area contributed by atoms with Crippen molar-refractivity contribution in [3.05, 3.63) is 252 Å². The second-order valence-electron chi connectivity index (χ2n) is 18.3. The fourth-order valence-corrected chi connectivity index (χ4v) is 12.6. The summed E-state index contributed by atoms with van der Waals surface area (Å²) in [7, 11) is 0. The zero-order chi connectivity index (χ0) is 42.4. The van der Waals surface area contributed by atoms with Crippen molar-refractivity contribution < 1.29 is 0 Å². The van der Waals surface area contributed by atoms with E-state index < -0.39 is 5.41 Å². The minimum Gasteiger partial charge on any atom is -0.336 e. The molecule has 15 rings (SSSR count). The lowest BCUT2D eigenvalue weighted by Gasteiger charge is -2.32. The molecule has 0 saturated carbocycles. The van der Waals surface area contributed by atoms with Crippen LogP contribution in [-0.2, 0) is 12.0 Å². The van der Waals surface area contributed by atoms with Gasteiger partial charge in [0.1, 0.15) is 0 Å². The number of nitrogens with zero attached hydrogens (tertiary/aromatic N) is 1. The highest BCUT2D eigenvalue weighted by Crippen LogP contribution is 2.63. The van der Waals surface area contributed by atoms with Crippen molar-refractivity contribution in [2.45, 2.75) is 12.0 Å². The smallest absolute Gasteiger partial charge is 0.0726 e. The van der Waals surface area contributed by atoms with E-state index in [1.165, 1.54) is 137 Å². The molecule has 0 aromatic heterocycles. The van der Waals surface area contributed by atoms with Gasteiger partial charge in [0, 0.05) is 28.7 Å². The van der Waals surface area contributed by atoms with Crippen LogP contribution in [0.4, 0.5) is 11.4 Å². The number of benzene rings is 12. The molecule has 13 aromatic carbocycles. The van der Waals surface area contributed by atoms with Gasteiger partial charge in [0.15, 0.2) is 0 Å². The van der Waals surface area contributed by atoms with Gasteiger partial charge in [-0.1, -0.05) is 200 Å². The van der Waals surface area contributed by atoms with Crippen molar-refractivity contribution in [2.75, 3.05) is 4.90 Å². The van der Waals surface area contributed by atoms with Crippen LogP contribution in [-0.4, -0.2) is 0 Å². The third-order valence-corrected chi connectivity index (χ3v) is 15.2. The van der Waals surface area contributed by atoms with Crippen LogP contribution in [0.1, 0.15) is 27.8 Å². The topological polar surface area (TPSA) is 3.24 Å². The molecule has 13 aromatic rings. The van der Waals surface area contributed by atoms with Gasteiger partial charge in [0.25, 0.3) is 0 Å². The second kappa shape index (κ2) is 12.9. The molecule has 0 N–H and O–H groups in total. The Bertz CT molecular complexity index is 4110. The van der Waals surface area contributed by atoms with E-state index >= 15 is 0 Å². The number of hydrogen-bond acceptors (Lipinski definition) is 1. The van der Waals surface area contributed by atoms with Crippen molar-refractivity contribution >= 4 is 86.8 Å². The van der Waals surface area contributed by atoms with E-state index in [4.69, 9.17) is 0 Å². The summed E-state index contributed by atoms with van der Waals surface area (Å²) in [5.41, 5.74) is 13.9. The van der Waals surface area contributed by atoms with Crippen LogP contribution in [0.2, 0.25) is 0 Å². The summed E-state index contributed by atoms with van der Waals surface area (Å²) in [6.07, 6.45) is 0. The zero-order valence-electron chi connectivity index (χ0n) is 35.5. The molecule has 2 aliphatic rings. The number of hydrogen-bond donors (Lipinski definition) is 0. The Morgan fingerprint density at radius 3 is 1.38 bits per heavy atom. The third-order valence-electron chi connectivity index (χ3n) is 15.2. The van der Waals surface area contributed by atoms with Crippen LogP contribution in [0.15, 0.2) is 224 Å². The number of fused-ring (bicyclic) bond motifs is 13. The van der Waals surface area contributed by atoms with Gasteiger partial charge in [-0.25, -0.2) is 0 Å². The standard InChI is InChI=1S/C64H39N/c1-2-14-43-35-39(29-30-40(43)13-1)38-65(45-33-34-49-48-20-5-8-28-57(48)64(58(49)37-45)55-26-6-3-18-46(55)47-19-4-7-27-56(47)64)59-36-44-17-11-23-51-50-21-9-15-41-31-32-42-16-10-22-52(61(42)60(41)50)53-24-12-25-54(59)63(53)62(44)51/h1-37H,38H2. The Morgan fingerprint density at radius 1 is 0.292 bits per heavy atom. The van der Waals surface area contributed by atoms with Crippen molar-refractivity contribution in [1.29, 1.82) is 0 Å². The lowest BCUT2D eigenvalue weighted by atomic mass is 9.70. The van der Waals surface area contributed by atoms with Crippen molar-refractivity contribution in [3.8, 4) is 22.3 Å². The molecule has 0 saturated heterocycles. The second-order valence-corrected chi connectivity index (χ2v) is 18.3. The maximum atomic E-state index is 2.62. The Morgan fingerprint density at radius 2 is 0.754 bits per heavy atom. The first-order valence-corrected chi connectivity index (χ1v) is 22.9. The van der Waals surface area contributed by atoms with Crippen LogP contribution in [0, 0.1) is 0 Å². The van der Waals surface area contributed by atoms with Gasteiger partial charge in [-0.3, -0.25) is 0 Å². The fraction of sp³-hybridized carbons (Fsp3) is 0.0312.